The van der Waals surface area contributed by atoms with E-state index in [1.54, 1.807) is 0 Å². The average Bonchev–Trinajstić information content (AvgIpc) is 2.29. The van der Waals surface area contributed by atoms with E-state index in [4.69, 9.17) is 0 Å². The summed E-state index contributed by atoms with van der Waals surface area (Å²) < 4.78 is 0. The lowest BCUT2D eigenvalue weighted by Crippen LogP contribution is -2.25. The zero-order valence-corrected chi connectivity index (χ0v) is 13.4. The fraction of sp³-hybridized carbons (Fsp3) is 0.750. The number of nitrogens with zero attached hydrogens (tertiary/aromatic N) is 2. The van der Waals surface area contributed by atoms with Gasteiger partial charge in [0, 0.05) is 23.9 Å². The Kier molecular flexibility index (Phi) is 6.43. The van der Waals surface area contributed by atoms with Gasteiger partial charge in [0.2, 0.25) is 0 Å². The van der Waals surface area contributed by atoms with Crippen LogP contribution in [-0.4, -0.2) is 22.6 Å². The van der Waals surface area contributed by atoms with Crippen LogP contribution in [0.25, 0.3) is 0 Å². The molecule has 0 aliphatic carbocycles. The zero-order valence-electron chi connectivity index (χ0n) is 13.4. The Bertz CT molecular complexity index is 374. The lowest BCUT2D eigenvalue weighted by atomic mass is 10.1. The number of aromatic nitrogens is 2. The molecule has 0 radical (unpaired) electrons. The molecule has 1 N–H and O–H groups in total. The molecule has 0 aliphatic rings. The van der Waals surface area contributed by atoms with E-state index in [-0.39, 0.29) is 0 Å². The van der Waals surface area contributed by atoms with Gasteiger partial charge in [0.25, 0.3) is 0 Å². The standard InChI is InChI=1S/C16H29N3/c1-11(2)7-8-16-18-13(5)15(14(6)19-16)9-10-17-12(3)4/h11-12,17H,7-10H2,1-6H3. The van der Waals surface area contributed by atoms with Crippen LogP contribution in [0, 0.1) is 19.8 Å². The molecule has 0 amide bonds. The summed E-state index contributed by atoms with van der Waals surface area (Å²) in [5.41, 5.74) is 3.61. The maximum atomic E-state index is 4.66. The minimum absolute atomic E-state index is 0.534. The Morgan fingerprint density at radius 1 is 0.947 bits per heavy atom. The minimum atomic E-state index is 0.534. The van der Waals surface area contributed by atoms with Crippen LogP contribution >= 0.6 is 0 Å². The molecule has 0 spiro atoms. The van der Waals surface area contributed by atoms with Gasteiger partial charge in [0.05, 0.1) is 0 Å². The zero-order chi connectivity index (χ0) is 14.4. The summed E-state index contributed by atoms with van der Waals surface area (Å²) >= 11 is 0. The number of hydrogen-bond acceptors (Lipinski definition) is 3. The van der Waals surface area contributed by atoms with Gasteiger partial charge in [-0.2, -0.15) is 0 Å². The molecule has 3 nitrogen and oxygen atoms in total. The quantitative estimate of drug-likeness (QED) is 0.821. The van der Waals surface area contributed by atoms with Crippen LogP contribution in [0.5, 0.6) is 0 Å². The van der Waals surface area contributed by atoms with E-state index in [2.05, 4.69) is 56.8 Å². The predicted octanol–water partition coefficient (Wildman–Crippen LogP) is 3.22. The van der Waals surface area contributed by atoms with E-state index in [1.807, 2.05) is 0 Å². The molecule has 0 aromatic carbocycles. The van der Waals surface area contributed by atoms with Crippen molar-refractivity contribution < 1.29 is 0 Å². The van der Waals surface area contributed by atoms with Crippen molar-refractivity contribution in [3.05, 3.63) is 22.8 Å². The van der Waals surface area contributed by atoms with Crippen molar-refractivity contribution >= 4 is 0 Å². The second kappa shape index (κ2) is 7.59. The molecule has 0 fully saturated rings. The number of hydrogen-bond donors (Lipinski definition) is 1. The molecular weight excluding hydrogens is 234 g/mol. The third kappa shape index (κ3) is 5.68. The largest absolute Gasteiger partial charge is 0.314 e. The first-order valence-electron chi connectivity index (χ1n) is 7.46. The van der Waals surface area contributed by atoms with Crippen LogP contribution in [0.4, 0.5) is 0 Å². The Hall–Kier alpha value is -0.960. The van der Waals surface area contributed by atoms with Crippen molar-refractivity contribution in [2.75, 3.05) is 6.54 Å². The van der Waals surface area contributed by atoms with Gasteiger partial charge in [-0.3, -0.25) is 0 Å². The van der Waals surface area contributed by atoms with Gasteiger partial charge in [0.1, 0.15) is 5.82 Å². The van der Waals surface area contributed by atoms with E-state index in [0.717, 1.165) is 43.0 Å². The van der Waals surface area contributed by atoms with Crippen LogP contribution < -0.4 is 5.32 Å². The highest BCUT2D eigenvalue weighted by Crippen LogP contribution is 2.13. The molecular formula is C16H29N3. The lowest BCUT2D eigenvalue weighted by molar-refractivity contribution is 0.569. The first-order chi connectivity index (χ1) is 8.90. The normalized spacial score (nSPS) is 11.6. The van der Waals surface area contributed by atoms with Gasteiger partial charge in [-0.25, -0.2) is 9.97 Å². The van der Waals surface area contributed by atoms with Crippen LogP contribution in [0.15, 0.2) is 0 Å². The molecule has 0 aliphatic heterocycles. The molecule has 0 atom stereocenters. The van der Waals surface area contributed by atoms with Crippen LogP contribution in [0.3, 0.4) is 0 Å². The fourth-order valence-corrected chi connectivity index (χ4v) is 2.19. The Labute approximate surface area is 118 Å². The smallest absolute Gasteiger partial charge is 0.128 e. The van der Waals surface area contributed by atoms with E-state index in [0.29, 0.717) is 12.0 Å². The topological polar surface area (TPSA) is 37.8 Å². The lowest BCUT2D eigenvalue weighted by Gasteiger charge is -2.13. The van der Waals surface area contributed by atoms with Crippen molar-refractivity contribution in [1.29, 1.82) is 0 Å². The third-order valence-corrected chi connectivity index (χ3v) is 3.34. The summed E-state index contributed by atoms with van der Waals surface area (Å²) in [6.07, 6.45) is 3.16. The Morgan fingerprint density at radius 3 is 2.00 bits per heavy atom. The molecule has 1 heterocycles. The van der Waals surface area contributed by atoms with E-state index >= 15 is 0 Å². The molecule has 0 bridgehead atoms. The highest BCUT2D eigenvalue weighted by molar-refractivity contribution is 5.24. The molecule has 1 aromatic rings. The third-order valence-electron chi connectivity index (χ3n) is 3.34. The average molecular weight is 263 g/mol. The van der Waals surface area contributed by atoms with Crippen molar-refractivity contribution in [1.82, 2.24) is 15.3 Å². The van der Waals surface area contributed by atoms with E-state index < -0.39 is 0 Å². The first-order valence-corrected chi connectivity index (χ1v) is 7.46. The van der Waals surface area contributed by atoms with Crippen LogP contribution in [-0.2, 0) is 12.8 Å². The Morgan fingerprint density at radius 2 is 1.53 bits per heavy atom. The summed E-state index contributed by atoms with van der Waals surface area (Å²) in [6, 6.07) is 0.534. The maximum Gasteiger partial charge on any atom is 0.128 e. The van der Waals surface area contributed by atoms with Gasteiger partial charge < -0.3 is 5.32 Å². The van der Waals surface area contributed by atoms with Crippen molar-refractivity contribution in [2.45, 2.75) is 66.8 Å². The van der Waals surface area contributed by atoms with E-state index in [9.17, 15) is 0 Å². The summed E-state index contributed by atoms with van der Waals surface area (Å²) in [4.78, 5) is 9.33. The monoisotopic (exact) mass is 263 g/mol. The number of nitrogens with one attached hydrogen (secondary N) is 1. The second-order valence-corrected chi connectivity index (χ2v) is 6.08. The highest BCUT2D eigenvalue weighted by Gasteiger charge is 2.09. The second-order valence-electron chi connectivity index (χ2n) is 6.08. The molecule has 0 saturated carbocycles. The minimum Gasteiger partial charge on any atom is -0.314 e. The molecule has 19 heavy (non-hydrogen) atoms. The molecule has 3 heteroatoms. The summed E-state index contributed by atoms with van der Waals surface area (Å²) in [6.45, 7) is 14.0. The SMILES string of the molecule is Cc1nc(CCC(C)C)nc(C)c1CCNC(C)C. The fourth-order valence-electron chi connectivity index (χ4n) is 2.19. The van der Waals surface area contributed by atoms with Gasteiger partial charge >= 0.3 is 0 Å². The van der Waals surface area contributed by atoms with Gasteiger partial charge in [-0.1, -0.05) is 27.7 Å². The van der Waals surface area contributed by atoms with Crippen molar-refractivity contribution in [3.8, 4) is 0 Å². The highest BCUT2D eigenvalue weighted by atomic mass is 14.9. The molecule has 1 rings (SSSR count). The van der Waals surface area contributed by atoms with Gasteiger partial charge in [-0.15, -0.1) is 0 Å². The maximum absolute atomic E-state index is 4.66. The molecule has 1 aromatic heterocycles. The van der Waals surface area contributed by atoms with Gasteiger partial charge in [0.15, 0.2) is 0 Å². The van der Waals surface area contributed by atoms with Gasteiger partial charge in [-0.05, 0) is 44.7 Å². The molecule has 0 unspecified atom stereocenters. The molecule has 0 saturated heterocycles. The van der Waals surface area contributed by atoms with Crippen LogP contribution in [0.1, 0.15) is 56.9 Å². The van der Waals surface area contributed by atoms with Crippen LogP contribution in [0.2, 0.25) is 0 Å². The number of rotatable bonds is 7. The number of aryl methyl sites for hydroxylation is 3. The van der Waals surface area contributed by atoms with Crippen molar-refractivity contribution in [3.63, 3.8) is 0 Å². The van der Waals surface area contributed by atoms with Crippen molar-refractivity contribution in [2.24, 2.45) is 5.92 Å². The Balaban J connectivity index is 2.68. The summed E-state index contributed by atoms with van der Waals surface area (Å²) in [5.74, 6) is 1.71. The van der Waals surface area contributed by atoms with E-state index in [1.165, 1.54) is 5.56 Å². The summed E-state index contributed by atoms with van der Waals surface area (Å²) in [5, 5.41) is 3.45. The molecule has 108 valence electrons. The summed E-state index contributed by atoms with van der Waals surface area (Å²) in [7, 11) is 0. The predicted molar refractivity (Wildman–Crippen MR) is 81.5 cm³/mol. The first kappa shape index (κ1) is 16.1.